The third-order valence-corrected chi connectivity index (χ3v) is 3.38. The third-order valence-electron chi connectivity index (χ3n) is 2.89. The van der Waals surface area contributed by atoms with E-state index in [9.17, 15) is 4.79 Å². The van der Waals surface area contributed by atoms with Crippen LogP contribution >= 0.6 is 15.9 Å². The van der Waals surface area contributed by atoms with Gasteiger partial charge >= 0.3 is 0 Å². The molecule has 2 rings (SSSR count). The van der Waals surface area contributed by atoms with Gasteiger partial charge < -0.3 is 10.1 Å². The van der Waals surface area contributed by atoms with Gasteiger partial charge in [-0.3, -0.25) is 4.79 Å². The lowest BCUT2D eigenvalue weighted by Crippen LogP contribution is -2.12. The van der Waals surface area contributed by atoms with Crippen molar-refractivity contribution in [3.8, 4) is 11.8 Å². The zero-order chi connectivity index (χ0) is 15.8. The van der Waals surface area contributed by atoms with Crippen LogP contribution in [0, 0.1) is 11.3 Å². The van der Waals surface area contributed by atoms with Crippen molar-refractivity contribution in [1.29, 1.82) is 5.26 Å². The second kappa shape index (κ2) is 8.20. The molecular weight excluding hydrogens is 344 g/mol. The number of carbonyl (C=O) groups is 1. The molecule has 22 heavy (non-hydrogen) atoms. The number of nitriles is 1. The second-order valence-corrected chi connectivity index (χ2v) is 5.57. The molecule has 112 valence electrons. The summed E-state index contributed by atoms with van der Waals surface area (Å²) in [5.74, 6) is 0.685. The van der Waals surface area contributed by atoms with Crippen molar-refractivity contribution in [2.45, 2.75) is 12.8 Å². The maximum Gasteiger partial charge on any atom is 0.224 e. The maximum atomic E-state index is 11.8. The molecule has 2 aromatic rings. The largest absolute Gasteiger partial charge is 0.494 e. The Hall–Kier alpha value is -2.32. The van der Waals surface area contributed by atoms with Gasteiger partial charge in [0, 0.05) is 16.6 Å². The van der Waals surface area contributed by atoms with Gasteiger partial charge in [0.2, 0.25) is 5.91 Å². The number of amides is 1. The van der Waals surface area contributed by atoms with E-state index in [1.165, 1.54) is 0 Å². The smallest absolute Gasteiger partial charge is 0.224 e. The zero-order valence-corrected chi connectivity index (χ0v) is 13.5. The van der Waals surface area contributed by atoms with Crippen LogP contribution in [0.2, 0.25) is 0 Å². The van der Waals surface area contributed by atoms with E-state index < -0.39 is 0 Å². The van der Waals surface area contributed by atoms with Crippen LogP contribution in [0.5, 0.6) is 5.75 Å². The highest BCUT2D eigenvalue weighted by Crippen LogP contribution is 2.18. The van der Waals surface area contributed by atoms with Gasteiger partial charge in [0.25, 0.3) is 0 Å². The molecule has 0 aromatic heterocycles. The molecule has 5 heteroatoms. The van der Waals surface area contributed by atoms with E-state index >= 15 is 0 Å². The summed E-state index contributed by atoms with van der Waals surface area (Å²) in [6, 6.07) is 16.5. The Bertz CT molecular complexity index is 695. The lowest BCUT2D eigenvalue weighted by molar-refractivity contribution is -0.116. The van der Waals surface area contributed by atoms with E-state index in [1.807, 2.05) is 30.3 Å². The lowest BCUT2D eigenvalue weighted by atomic mass is 10.2. The molecule has 0 aliphatic carbocycles. The van der Waals surface area contributed by atoms with Gasteiger partial charge in [0.05, 0.1) is 18.2 Å². The molecule has 0 aliphatic heterocycles. The van der Waals surface area contributed by atoms with Gasteiger partial charge in [-0.25, -0.2) is 0 Å². The van der Waals surface area contributed by atoms with Gasteiger partial charge in [-0.1, -0.05) is 28.1 Å². The Morgan fingerprint density at radius 1 is 1.23 bits per heavy atom. The van der Waals surface area contributed by atoms with Gasteiger partial charge in [-0.2, -0.15) is 5.26 Å². The summed E-state index contributed by atoms with van der Waals surface area (Å²) in [7, 11) is 0. The average molecular weight is 359 g/mol. The number of hydrogen-bond donors (Lipinski definition) is 1. The summed E-state index contributed by atoms with van der Waals surface area (Å²) in [4.78, 5) is 11.8. The van der Waals surface area contributed by atoms with Crippen LogP contribution in [0.15, 0.2) is 53.0 Å². The number of benzene rings is 2. The highest BCUT2D eigenvalue weighted by molar-refractivity contribution is 9.10. The Balaban J connectivity index is 1.73. The fourth-order valence-electron chi connectivity index (χ4n) is 1.87. The number of anilines is 1. The second-order valence-electron chi connectivity index (χ2n) is 4.65. The van der Waals surface area contributed by atoms with E-state index in [4.69, 9.17) is 10.00 Å². The Kier molecular flexibility index (Phi) is 5.99. The SMILES string of the molecule is N#Cc1cccc(NC(=O)CCCOc2cccc(Br)c2)c1. The van der Waals surface area contributed by atoms with Gasteiger partial charge in [0.15, 0.2) is 0 Å². The van der Waals surface area contributed by atoms with E-state index in [2.05, 4.69) is 21.2 Å². The molecule has 0 unspecified atom stereocenters. The summed E-state index contributed by atoms with van der Waals surface area (Å²) in [5.41, 5.74) is 1.16. The quantitative estimate of drug-likeness (QED) is 0.790. The Morgan fingerprint density at radius 2 is 2.05 bits per heavy atom. The van der Waals surface area contributed by atoms with Crippen LogP contribution in [0.25, 0.3) is 0 Å². The fourth-order valence-corrected chi connectivity index (χ4v) is 2.25. The minimum Gasteiger partial charge on any atom is -0.494 e. The molecule has 0 saturated carbocycles. The number of nitrogens with one attached hydrogen (secondary N) is 1. The Morgan fingerprint density at radius 3 is 2.82 bits per heavy atom. The highest BCUT2D eigenvalue weighted by atomic mass is 79.9. The normalized spacial score (nSPS) is 9.82. The van der Waals surface area contributed by atoms with Gasteiger partial charge in [-0.05, 0) is 42.8 Å². The van der Waals surface area contributed by atoms with Crippen LogP contribution in [-0.4, -0.2) is 12.5 Å². The van der Waals surface area contributed by atoms with Crippen molar-refractivity contribution < 1.29 is 9.53 Å². The standard InChI is InChI=1S/C17H15BrN2O2/c18-14-5-2-7-16(11-14)22-9-3-8-17(21)20-15-6-1-4-13(10-15)12-19/h1-2,4-7,10-11H,3,8-9H2,(H,20,21). The van der Waals surface area contributed by atoms with Crippen LogP contribution < -0.4 is 10.1 Å². The number of hydrogen-bond acceptors (Lipinski definition) is 3. The molecule has 2 aromatic carbocycles. The zero-order valence-electron chi connectivity index (χ0n) is 11.9. The minimum absolute atomic E-state index is 0.0899. The molecule has 0 heterocycles. The first kappa shape index (κ1) is 16.1. The first-order valence-electron chi connectivity index (χ1n) is 6.86. The first-order chi connectivity index (χ1) is 10.7. The van der Waals surface area contributed by atoms with Crippen molar-refractivity contribution in [3.63, 3.8) is 0 Å². The average Bonchev–Trinajstić information content (AvgIpc) is 2.52. The molecule has 0 aliphatic rings. The number of nitrogens with zero attached hydrogens (tertiary/aromatic N) is 1. The van der Waals surface area contributed by atoms with Crippen LogP contribution in [-0.2, 0) is 4.79 Å². The fraction of sp³-hybridized carbons (Fsp3) is 0.176. The predicted molar refractivity (Wildman–Crippen MR) is 88.7 cm³/mol. The van der Waals surface area contributed by atoms with E-state index in [1.54, 1.807) is 24.3 Å². The lowest BCUT2D eigenvalue weighted by Gasteiger charge is -2.07. The summed E-state index contributed by atoms with van der Waals surface area (Å²) >= 11 is 3.38. The molecule has 0 saturated heterocycles. The van der Waals surface area contributed by atoms with Crippen molar-refractivity contribution in [2.24, 2.45) is 0 Å². The van der Waals surface area contributed by atoms with Crippen LogP contribution in [0.1, 0.15) is 18.4 Å². The molecular formula is C17H15BrN2O2. The predicted octanol–water partition coefficient (Wildman–Crippen LogP) is 4.12. The molecule has 0 radical (unpaired) electrons. The van der Waals surface area contributed by atoms with Crippen molar-refractivity contribution in [2.75, 3.05) is 11.9 Å². The molecule has 1 N–H and O–H groups in total. The number of halogens is 1. The Labute approximate surface area is 137 Å². The molecule has 4 nitrogen and oxygen atoms in total. The summed E-state index contributed by atoms with van der Waals surface area (Å²) < 4.78 is 6.53. The monoisotopic (exact) mass is 358 g/mol. The van der Waals surface area contributed by atoms with Crippen molar-refractivity contribution in [3.05, 3.63) is 58.6 Å². The molecule has 0 atom stereocenters. The molecule has 0 fully saturated rings. The van der Waals surface area contributed by atoms with Crippen LogP contribution in [0.4, 0.5) is 5.69 Å². The van der Waals surface area contributed by atoms with Crippen LogP contribution in [0.3, 0.4) is 0 Å². The minimum atomic E-state index is -0.0899. The molecule has 0 spiro atoms. The van der Waals surface area contributed by atoms with Gasteiger partial charge in [-0.15, -0.1) is 0 Å². The first-order valence-corrected chi connectivity index (χ1v) is 7.65. The maximum absolute atomic E-state index is 11.8. The molecule has 1 amide bonds. The number of rotatable bonds is 6. The number of ether oxygens (including phenoxy) is 1. The van der Waals surface area contributed by atoms with E-state index in [0.29, 0.717) is 30.7 Å². The van der Waals surface area contributed by atoms with E-state index in [0.717, 1.165) is 10.2 Å². The molecule has 0 bridgehead atoms. The van der Waals surface area contributed by atoms with Gasteiger partial charge in [0.1, 0.15) is 5.75 Å². The third kappa shape index (κ3) is 5.23. The highest BCUT2D eigenvalue weighted by Gasteiger charge is 2.03. The summed E-state index contributed by atoms with van der Waals surface area (Å²) in [6.07, 6.45) is 0.987. The summed E-state index contributed by atoms with van der Waals surface area (Å²) in [5, 5.41) is 11.6. The van der Waals surface area contributed by atoms with E-state index in [-0.39, 0.29) is 5.91 Å². The topological polar surface area (TPSA) is 62.1 Å². The van der Waals surface area contributed by atoms with Crippen molar-refractivity contribution in [1.82, 2.24) is 0 Å². The van der Waals surface area contributed by atoms with Crippen molar-refractivity contribution >= 4 is 27.5 Å². The summed E-state index contributed by atoms with van der Waals surface area (Å²) in [6.45, 7) is 0.474. The number of carbonyl (C=O) groups excluding carboxylic acids is 1.